The van der Waals surface area contributed by atoms with Crippen molar-refractivity contribution in [1.82, 2.24) is 4.90 Å². The van der Waals surface area contributed by atoms with Gasteiger partial charge in [-0.05, 0) is 24.6 Å². The molecule has 0 unspecified atom stereocenters. The monoisotopic (exact) mass is 384 g/mol. The van der Waals surface area contributed by atoms with E-state index in [0.29, 0.717) is 38.3 Å². The summed E-state index contributed by atoms with van der Waals surface area (Å²) >= 11 is 0. The summed E-state index contributed by atoms with van der Waals surface area (Å²) in [6.07, 6.45) is 4.52. The van der Waals surface area contributed by atoms with Crippen molar-refractivity contribution in [3.05, 3.63) is 29.8 Å². The second kappa shape index (κ2) is 10.6. The highest BCUT2D eigenvalue weighted by Gasteiger charge is 2.31. The number of nitrogens with zero attached hydrogens (tertiary/aromatic N) is 2. The van der Waals surface area contributed by atoms with Crippen LogP contribution in [0.4, 0.5) is 18.9 Å². The summed E-state index contributed by atoms with van der Waals surface area (Å²) in [6.45, 7) is 4.50. The zero-order valence-electron chi connectivity index (χ0n) is 16.2. The minimum atomic E-state index is -4.33. The smallest absolute Gasteiger partial charge is 0.368 e. The number of benzene rings is 1. The van der Waals surface area contributed by atoms with Crippen LogP contribution in [0.25, 0.3) is 0 Å². The second-order valence-electron chi connectivity index (χ2n) is 7.29. The predicted molar refractivity (Wildman–Crippen MR) is 103 cm³/mol. The minimum Gasteiger partial charge on any atom is -0.368 e. The number of halogens is 3. The molecule has 0 N–H and O–H groups in total. The van der Waals surface area contributed by atoms with Crippen LogP contribution in [-0.4, -0.2) is 37.0 Å². The van der Waals surface area contributed by atoms with Gasteiger partial charge >= 0.3 is 6.18 Å². The Labute approximate surface area is 160 Å². The van der Waals surface area contributed by atoms with E-state index in [1.807, 2.05) is 9.80 Å². The van der Waals surface area contributed by atoms with Gasteiger partial charge in [-0.25, -0.2) is 0 Å². The van der Waals surface area contributed by atoms with Gasteiger partial charge < -0.3 is 9.80 Å². The number of carbonyl (C=O) groups is 1. The molecule has 1 amide bonds. The summed E-state index contributed by atoms with van der Waals surface area (Å²) in [5, 5.41) is 0. The summed E-state index contributed by atoms with van der Waals surface area (Å²) in [7, 11) is 0. The van der Waals surface area contributed by atoms with Gasteiger partial charge in [0.2, 0.25) is 5.91 Å². The quantitative estimate of drug-likeness (QED) is 0.525. The summed E-state index contributed by atoms with van der Waals surface area (Å²) in [5.41, 5.74) is -0.0542. The van der Waals surface area contributed by atoms with E-state index in [4.69, 9.17) is 0 Å². The van der Waals surface area contributed by atoms with E-state index in [2.05, 4.69) is 6.92 Å². The SMILES string of the molecule is CCCCCCCCCC(=O)N1CCN(c2cccc(C(F)(F)F)c2)CC1. The standard InChI is InChI=1S/C21H31F3N2O/c1-2-3-4-5-6-7-8-12-20(27)26-15-13-25(14-16-26)19-11-9-10-18(17-19)21(22,23)24/h9-11,17H,2-8,12-16H2,1H3. The Balaban J connectivity index is 1.71. The van der Waals surface area contributed by atoms with E-state index in [1.165, 1.54) is 44.2 Å². The lowest BCUT2D eigenvalue weighted by Gasteiger charge is -2.36. The molecule has 1 aliphatic heterocycles. The first-order valence-corrected chi connectivity index (χ1v) is 10.1. The molecule has 1 heterocycles. The largest absolute Gasteiger partial charge is 0.416 e. The maximum atomic E-state index is 12.9. The van der Waals surface area contributed by atoms with Crippen molar-refractivity contribution in [1.29, 1.82) is 0 Å². The third-order valence-corrected chi connectivity index (χ3v) is 5.17. The molecule has 1 aliphatic rings. The Bertz CT molecular complexity index is 581. The molecule has 1 fully saturated rings. The number of carbonyl (C=O) groups excluding carboxylic acids is 1. The van der Waals surface area contributed by atoms with Crippen LogP contribution in [0.3, 0.4) is 0 Å². The van der Waals surface area contributed by atoms with Crippen molar-refractivity contribution in [3.63, 3.8) is 0 Å². The van der Waals surface area contributed by atoms with Gasteiger partial charge in [-0.2, -0.15) is 13.2 Å². The molecule has 3 nitrogen and oxygen atoms in total. The van der Waals surface area contributed by atoms with Gasteiger partial charge in [0.1, 0.15) is 0 Å². The molecule has 0 aliphatic carbocycles. The molecule has 27 heavy (non-hydrogen) atoms. The van der Waals surface area contributed by atoms with Gasteiger partial charge in [0.25, 0.3) is 0 Å². The number of piperazine rings is 1. The van der Waals surface area contributed by atoms with Crippen molar-refractivity contribution in [2.75, 3.05) is 31.1 Å². The highest BCUT2D eigenvalue weighted by Crippen LogP contribution is 2.31. The van der Waals surface area contributed by atoms with E-state index in [0.717, 1.165) is 18.9 Å². The van der Waals surface area contributed by atoms with Crippen LogP contribution < -0.4 is 4.90 Å². The number of hydrogen-bond donors (Lipinski definition) is 0. The van der Waals surface area contributed by atoms with Gasteiger partial charge in [0.05, 0.1) is 5.56 Å². The Hall–Kier alpha value is -1.72. The summed E-state index contributed by atoms with van der Waals surface area (Å²) < 4.78 is 38.6. The number of unbranched alkanes of at least 4 members (excludes halogenated alkanes) is 6. The van der Waals surface area contributed by atoms with Crippen LogP contribution in [0.2, 0.25) is 0 Å². The van der Waals surface area contributed by atoms with Gasteiger partial charge in [0.15, 0.2) is 0 Å². The zero-order chi connectivity index (χ0) is 19.7. The van der Waals surface area contributed by atoms with E-state index in [9.17, 15) is 18.0 Å². The molecule has 0 bridgehead atoms. The van der Waals surface area contributed by atoms with Crippen molar-refractivity contribution in [2.24, 2.45) is 0 Å². The molecule has 0 saturated carbocycles. The predicted octanol–water partition coefficient (Wildman–Crippen LogP) is 5.49. The second-order valence-corrected chi connectivity index (χ2v) is 7.29. The van der Waals surface area contributed by atoms with Gasteiger partial charge in [-0.1, -0.05) is 51.5 Å². The molecule has 2 rings (SSSR count). The van der Waals surface area contributed by atoms with E-state index < -0.39 is 11.7 Å². The van der Waals surface area contributed by atoms with E-state index >= 15 is 0 Å². The molecule has 0 aromatic heterocycles. The van der Waals surface area contributed by atoms with E-state index in [-0.39, 0.29) is 5.91 Å². The average Bonchev–Trinajstić information content (AvgIpc) is 2.67. The molecule has 0 atom stereocenters. The normalized spacial score (nSPS) is 15.3. The Kier molecular flexibility index (Phi) is 8.45. The summed E-state index contributed by atoms with van der Waals surface area (Å²) in [4.78, 5) is 16.1. The third kappa shape index (κ3) is 7.07. The first-order chi connectivity index (χ1) is 12.9. The lowest BCUT2D eigenvalue weighted by atomic mass is 10.1. The molecule has 6 heteroatoms. The highest BCUT2D eigenvalue weighted by molar-refractivity contribution is 5.76. The van der Waals surface area contributed by atoms with Gasteiger partial charge in [-0.3, -0.25) is 4.79 Å². The molecule has 0 radical (unpaired) electrons. The van der Waals surface area contributed by atoms with Crippen molar-refractivity contribution < 1.29 is 18.0 Å². The molecule has 1 aromatic carbocycles. The Morgan fingerprint density at radius 1 is 0.963 bits per heavy atom. The summed E-state index contributed by atoms with van der Waals surface area (Å²) in [5.74, 6) is 0.173. The van der Waals surface area contributed by atoms with Crippen molar-refractivity contribution in [2.45, 2.75) is 64.5 Å². The third-order valence-electron chi connectivity index (χ3n) is 5.17. The summed E-state index contributed by atoms with van der Waals surface area (Å²) in [6, 6.07) is 5.42. The minimum absolute atomic E-state index is 0.173. The lowest BCUT2D eigenvalue weighted by Crippen LogP contribution is -2.48. The molecule has 152 valence electrons. The maximum absolute atomic E-state index is 12.9. The van der Waals surface area contributed by atoms with E-state index in [1.54, 1.807) is 6.07 Å². The van der Waals surface area contributed by atoms with Crippen LogP contribution in [0.5, 0.6) is 0 Å². The average molecular weight is 384 g/mol. The number of anilines is 1. The van der Waals surface area contributed by atoms with Crippen LogP contribution in [-0.2, 0) is 11.0 Å². The number of hydrogen-bond acceptors (Lipinski definition) is 2. The van der Waals surface area contributed by atoms with Crippen LogP contribution in [0.1, 0.15) is 63.9 Å². The molecular weight excluding hydrogens is 353 g/mol. The fraction of sp³-hybridized carbons (Fsp3) is 0.667. The van der Waals surface area contributed by atoms with Crippen LogP contribution in [0.15, 0.2) is 24.3 Å². The fourth-order valence-corrected chi connectivity index (χ4v) is 3.48. The molecule has 0 spiro atoms. The topological polar surface area (TPSA) is 23.6 Å². The maximum Gasteiger partial charge on any atom is 0.416 e. The molecule has 1 aromatic rings. The zero-order valence-corrected chi connectivity index (χ0v) is 16.2. The van der Waals surface area contributed by atoms with Crippen LogP contribution >= 0.6 is 0 Å². The molecule has 1 saturated heterocycles. The number of alkyl halides is 3. The van der Waals surface area contributed by atoms with Crippen molar-refractivity contribution in [3.8, 4) is 0 Å². The Morgan fingerprint density at radius 3 is 2.22 bits per heavy atom. The number of amides is 1. The van der Waals surface area contributed by atoms with Crippen molar-refractivity contribution >= 4 is 11.6 Å². The first kappa shape index (κ1) is 21.6. The van der Waals surface area contributed by atoms with Gasteiger partial charge in [-0.15, -0.1) is 0 Å². The Morgan fingerprint density at radius 2 is 1.59 bits per heavy atom. The molecular formula is C21H31F3N2O. The first-order valence-electron chi connectivity index (χ1n) is 10.1. The highest BCUT2D eigenvalue weighted by atomic mass is 19.4. The number of rotatable bonds is 9. The van der Waals surface area contributed by atoms with Gasteiger partial charge in [0, 0.05) is 38.3 Å². The fourth-order valence-electron chi connectivity index (χ4n) is 3.48. The lowest BCUT2D eigenvalue weighted by molar-refractivity contribution is -0.137. The van der Waals surface area contributed by atoms with Crippen LogP contribution in [0, 0.1) is 0 Å².